The predicted octanol–water partition coefficient (Wildman–Crippen LogP) is 3.09. The van der Waals surface area contributed by atoms with Gasteiger partial charge in [-0.1, -0.05) is 41.7 Å². The quantitative estimate of drug-likeness (QED) is 0.881. The van der Waals surface area contributed by atoms with Crippen molar-refractivity contribution in [2.75, 3.05) is 17.2 Å². The first-order chi connectivity index (χ1) is 9.28. The van der Waals surface area contributed by atoms with Gasteiger partial charge in [-0.3, -0.25) is 9.69 Å². The lowest BCUT2D eigenvalue weighted by Gasteiger charge is -2.11. The average Bonchev–Trinajstić information content (AvgIpc) is 3.06. The number of nitrogens with zero attached hydrogens (tertiary/aromatic N) is 2. The standard InChI is InChI=1S/C14H14N2OS2/c17-13-6-10(9-18)8-16(13)14-15-7-12(19-14)11-4-2-1-3-5-11/h1-5,7,10,18H,6,8-9H2. The Morgan fingerprint density at radius 2 is 2.16 bits per heavy atom. The Bertz CT molecular complexity index is 582. The fourth-order valence-electron chi connectivity index (χ4n) is 2.21. The summed E-state index contributed by atoms with van der Waals surface area (Å²) in [7, 11) is 0. The summed E-state index contributed by atoms with van der Waals surface area (Å²) in [5.41, 5.74) is 1.14. The second-order valence-corrected chi connectivity index (χ2v) is 6.00. The number of rotatable bonds is 3. The molecule has 1 aromatic carbocycles. The van der Waals surface area contributed by atoms with Crippen molar-refractivity contribution in [3.8, 4) is 10.4 Å². The lowest BCUT2D eigenvalue weighted by molar-refractivity contribution is -0.117. The SMILES string of the molecule is O=C1CC(CS)CN1c1ncc(-c2ccccc2)s1. The van der Waals surface area contributed by atoms with Crippen LogP contribution in [0.3, 0.4) is 0 Å². The van der Waals surface area contributed by atoms with Crippen molar-refractivity contribution >= 4 is 35.0 Å². The van der Waals surface area contributed by atoms with Crippen LogP contribution >= 0.6 is 24.0 Å². The van der Waals surface area contributed by atoms with E-state index in [1.807, 2.05) is 24.4 Å². The minimum absolute atomic E-state index is 0.160. The molecule has 5 heteroatoms. The summed E-state index contributed by atoms with van der Waals surface area (Å²) in [5.74, 6) is 1.26. The van der Waals surface area contributed by atoms with Gasteiger partial charge in [-0.2, -0.15) is 12.6 Å². The first kappa shape index (κ1) is 12.7. The molecule has 1 aliphatic rings. The summed E-state index contributed by atoms with van der Waals surface area (Å²) in [4.78, 5) is 19.2. The lowest BCUT2D eigenvalue weighted by atomic mass is 10.1. The highest BCUT2D eigenvalue weighted by molar-refractivity contribution is 7.80. The minimum atomic E-state index is 0.160. The van der Waals surface area contributed by atoms with Gasteiger partial charge >= 0.3 is 0 Å². The average molecular weight is 290 g/mol. The van der Waals surface area contributed by atoms with E-state index in [9.17, 15) is 4.79 Å². The summed E-state index contributed by atoms with van der Waals surface area (Å²) in [6.45, 7) is 0.740. The van der Waals surface area contributed by atoms with Gasteiger partial charge in [0.25, 0.3) is 0 Å². The van der Waals surface area contributed by atoms with Crippen molar-refractivity contribution in [1.82, 2.24) is 4.98 Å². The Hall–Kier alpha value is -1.33. The number of thiol groups is 1. The Morgan fingerprint density at radius 1 is 1.37 bits per heavy atom. The van der Waals surface area contributed by atoms with Gasteiger partial charge in [-0.15, -0.1) is 0 Å². The van der Waals surface area contributed by atoms with Crippen LogP contribution in [0.15, 0.2) is 36.5 Å². The molecule has 1 aliphatic heterocycles. The number of aromatic nitrogens is 1. The third kappa shape index (κ3) is 2.53. The molecule has 1 saturated heterocycles. The summed E-state index contributed by atoms with van der Waals surface area (Å²) in [6.07, 6.45) is 2.43. The molecule has 98 valence electrons. The van der Waals surface area contributed by atoms with E-state index >= 15 is 0 Å². The summed E-state index contributed by atoms with van der Waals surface area (Å²) >= 11 is 5.84. The van der Waals surface area contributed by atoms with Gasteiger partial charge in [0, 0.05) is 19.2 Å². The molecule has 0 aliphatic carbocycles. The molecule has 2 heterocycles. The maximum Gasteiger partial charge on any atom is 0.229 e. The molecular formula is C14H14N2OS2. The number of hydrogen-bond donors (Lipinski definition) is 1. The Balaban J connectivity index is 1.84. The van der Waals surface area contributed by atoms with E-state index < -0.39 is 0 Å². The van der Waals surface area contributed by atoms with Crippen LogP contribution in [0.4, 0.5) is 5.13 Å². The Labute approximate surface area is 121 Å². The van der Waals surface area contributed by atoms with Crippen molar-refractivity contribution in [1.29, 1.82) is 0 Å². The maximum absolute atomic E-state index is 11.9. The number of amides is 1. The smallest absolute Gasteiger partial charge is 0.229 e. The van der Waals surface area contributed by atoms with Gasteiger partial charge in [0.2, 0.25) is 5.91 Å². The highest BCUT2D eigenvalue weighted by atomic mass is 32.1. The van der Waals surface area contributed by atoms with Crippen LogP contribution in [-0.4, -0.2) is 23.2 Å². The fraction of sp³-hybridized carbons (Fsp3) is 0.286. The van der Waals surface area contributed by atoms with Crippen LogP contribution in [0.1, 0.15) is 6.42 Å². The number of carbonyl (C=O) groups excluding carboxylic acids is 1. The summed E-state index contributed by atoms with van der Waals surface area (Å²) < 4.78 is 0. The molecule has 0 spiro atoms. The number of hydrogen-bond acceptors (Lipinski definition) is 4. The molecule has 0 radical (unpaired) electrons. The van der Waals surface area contributed by atoms with Gasteiger partial charge in [0.1, 0.15) is 0 Å². The summed E-state index contributed by atoms with van der Waals surface area (Å²) in [5, 5.41) is 0.799. The van der Waals surface area contributed by atoms with E-state index in [2.05, 4.69) is 29.7 Å². The van der Waals surface area contributed by atoms with Gasteiger partial charge in [0.05, 0.1) is 4.88 Å². The van der Waals surface area contributed by atoms with Crippen LogP contribution in [-0.2, 0) is 4.79 Å². The molecule has 19 heavy (non-hydrogen) atoms. The molecule has 0 N–H and O–H groups in total. The topological polar surface area (TPSA) is 33.2 Å². The monoisotopic (exact) mass is 290 g/mol. The van der Waals surface area contributed by atoms with E-state index in [4.69, 9.17) is 0 Å². The van der Waals surface area contributed by atoms with E-state index in [0.717, 1.165) is 27.9 Å². The van der Waals surface area contributed by atoms with E-state index in [1.165, 1.54) is 0 Å². The number of benzene rings is 1. The lowest BCUT2D eigenvalue weighted by Crippen LogP contribution is -2.24. The maximum atomic E-state index is 11.9. The van der Waals surface area contributed by atoms with Crippen molar-refractivity contribution in [2.24, 2.45) is 5.92 Å². The predicted molar refractivity (Wildman–Crippen MR) is 81.9 cm³/mol. The van der Waals surface area contributed by atoms with Crippen molar-refractivity contribution in [3.63, 3.8) is 0 Å². The Morgan fingerprint density at radius 3 is 2.84 bits per heavy atom. The minimum Gasteiger partial charge on any atom is -0.288 e. The first-order valence-electron chi connectivity index (χ1n) is 6.20. The normalized spacial score (nSPS) is 19.1. The van der Waals surface area contributed by atoms with Gasteiger partial charge < -0.3 is 0 Å². The second kappa shape index (κ2) is 5.35. The molecule has 1 fully saturated rings. The zero-order chi connectivity index (χ0) is 13.2. The van der Waals surface area contributed by atoms with Gasteiger partial charge in [0.15, 0.2) is 5.13 Å². The highest BCUT2D eigenvalue weighted by Gasteiger charge is 2.31. The third-order valence-electron chi connectivity index (χ3n) is 3.25. The molecule has 0 bridgehead atoms. The molecule has 2 aromatic rings. The largest absolute Gasteiger partial charge is 0.288 e. The van der Waals surface area contributed by atoms with Crippen LogP contribution < -0.4 is 4.90 Å². The summed E-state index contributed by atoms with van der Waals surface area (Å²) in [6, 6.07) is 10.1. The number of thiazole rings is 1. The van der Waals surface area contributed by atoms with Crippen molar-refractivity contribution in [2.45, 2.75) is 6.42 Å². The van der Waals surface area contributed by atoms with Crippen LogP contribution in [0.25, 0.3) is 10.4 Å². The zero-order valence-electron chi connectivity index (χ0n) is 10.3. The van der Waals surface area contributed by atoms with Gasteiger partial charge in [-0.25, -0.2) is 4.98 Å². The van der Waals surface area contributed by atoms with E-state index in [0.29, 0.717) is 12.3 Å². The molecule has 3 rings (SSSR count). The molecule has 1 atom stereocenters. The number of anilines is 1. The van der Waals surface area contributed by atoms with Crippen molar-refractivity contribution in [3.05, 3.63) is 36.5 Å². The highest BCUT2D eigenvalue weighted by Crippen LogP contribution is 2.34. The second-order valence-electron chi connectivity index (χ2n) is 4.63. The molecule has 1 aromatic heterocycles. The number of carbonyl (C=O) groups is 1. The van der Waals surface area contributed by atoms with Crippen LogP contribution in [0.2, 0.25) is 0 Å². The van der Waals surface area contributed by atoms with E-state index in [-0.39, 0.29) is 5.91 Å². The molecule has 3 nitrogen and oxygen atoms in total. The van der Waals surface area contributed by atoms with Gasteiger partial charge in [-0.05, 0) is 17.2 Å². The first-order valence-corrected chi connectivity index (χ1v) is 7.65. The van der Waals surface area contributed by atoms with Crippen LogP contribution in [0.5, 0.6) is 0 Å². The Kier molecular flexibility index (Phi) is 3.57. The van der Waals surface area contributed by atoms with E-state index in [1.54, 1.807) is 16.2 Å². The molecular weight excluding hydrogens is 276 g/mol. The molecule has 0 saturated carbocycles. The zero-order valence-corrected chi connectivity index (χ0v) is 12.0. The molecule has 1 amide bonds. The van der Waals surface area contributed by atoms with Crippen molar-refractivity contribution < 1.29 is 4.79 Å². The fourth-order valence-corrected chi connectivity index (χ4v) is 3.41. The van der Waals surface area contributed by atoms with Crippen LogP contribution in [0, 0.1) is 5.92 Å². The molecule has 1 unspecified atom stereocenters. The third-order valence-corrected chi connectivity index (χ3v) is 4.83.